The summed E-state index contributed by atoms with van der Waals surface area (Å²) in [7, 11) is 0. The molecule has 0 spiro atoms. The van der Waals surface area contributed by atoms with Crippen molar-refractivity contribution in [1.82, 2.24) is 9.78 Å². The van der Waals surface area contributed by atoms with Gasteiger partial charge in [-0.15, -0.1) is 0 Å². The minimum absolute atomic E-state index is 0.0486. The van der Waals surface area contributed by atoms with Crippen LogP contribution in [0.5, 0.6) is 0 Å². The van der Waals surface area contributed by atoms with Crippen molar-refractivity contribution in [2.24, 2.45) is 0 Å². The van der Waals surface area contributed by atoms with E-state index in [2.05, 4.69) is 10.4 Å². The van der Waals surface area contributed by atoms with E-state index in [0.717, 1.165) is 0 Å². The molecule has 0 saturated carbocycles. The van der Waals surface area contributed by atoms with Gasteiger partial charge < -0.3 is 5.32 Å². The third kappa shape index (κ3) is 3.00. The summed E-state index contributed by atoms with van der Waals surface area (Å²) in [6, 6.07) is 11.3. The minimum Gasteiger partial charge on any atom is -0.319 e. The van der Waals surface area contributed by atoms with Crippen LogP contribution >= 0.6 is 11.6 Å². The summed E-state index contributed by atoms with van der Waals surface area (Å²) in [6.45, 7) is 1.61. The Labute approximate surface area is 141 Å². The predicted molar refractivity (Wildman–Crippen MR) is 87.6 cm³/mol. The molecule has 24 heavy (non-hydrogen) atoms. The lowest BCUT2D eigenvalue weighted by Crippen LogP contribution is -2.14. The zero-order chi connectivity index (χ0) is 17.3. The minimum atomic E-state index is -0.573. The quantitative estimate of drug-likeness (QED) is 0.765. The van der Waals surface area contributed by atoms with Gasteiger partial charge >= 0.3 is 0 Å². The lowest BCUT2D eigenvalue weighted by Gasteiger charge is -2.06. The summed E-state index contributed by atoms with van der Waals surface area (Å²) < 4.78 is 28.0. The molecule has 1 heterocycles. The van der Waals surface area contributed by atoms with Crippen molar-refractivity contribution < 1.29 is 13.6 Å². The van der Waals surface area contributed by atoms with Crippen LogP contribution in [0.2, 0.25) is 5.15 Å². The van der Waals surface area contributed by atoms with Gasteiger partial charge in [-0.25, -0.2) is 13.5 Å². The number of nitrogens with zero attached hydrogens (tertiary/aromatic N) is 2. The third-order valence-electron chi connectivity index (χ3n) is 3.42. The first-order valence-electron chi connectivity index (χ1n) is 7.04. The maximum absolute atomic E-state index is 13.7. The topological polar surface area (TPSA) is 46.9 Å². The number of anilines is 1. The number of amides is 1. The van der Waals surface area contributed by atoms with Crippen LogP contribution in [0.3, 0.4) is 0 Å². The highest BCUT2D eigenvalue weighted by atomic mass is 35.5. The number of rotatable bonds is 3. The Hall–Kier alpha value is -2.73. The van der Waals surface area contributed by atoms with Gasteiger partial charge in [-0.3, -0.25) is 4.79 Å². The van der Waals surface area contributed by atoms with Crippen molar-refractivity contribution in [2.45, 2.75) is 6.92 Å². The summed E-state index contributed by atoms with van der Waals surface area (Å²) >= 11 is 6.26. The number of hydrogen-bond acceptors (Lipinski definition) is 2. The molecule has 0 bridgehead atoms. The van der Waals surface area contributed by atoms with Gasteiger partial charge in [0.2, 0.25) is 0 Å². The molecular weight excluding hydrogens is 336 g/mol. The second kappa shape index (κ2) is 6.41. The van der Waals surface area contributed by atoms with E-state index in [1.165, 1.54) is 47.1 Å². The van der Waals surface area contributed by atoms with Gasteiger partial charge in [0.1, 0.15) is 22.4 Å². The lowest BCUT2D eigenvalue weighted by molar-refractivity contribution is 0.102. The predicted octanol–water partition coefficient (Wildman–Crippen LogP) is 4.36. The van der Waals surface area contributed by atoms with Crippen LogP contribution in [-0.4, -0.2) is 15.7 Å². The second-order valence-electron chi connectivity index (χ2n) is 5.07. The van der Waals surface area contributed by atoms with E-state index in [1.54, 1.807) is 13.0 Å². The van der Waals surface area contributed by atoms with Crippen LogP contribution in [0, 0.1) is 18.6 Å². The fraction of sp³-hybridized carbons (Fsp3) is 0.0588. The molecule has 0 radical (unpaired) electrons. The van der Waals surface area contributed by atoms with Crippen LogP contribution in [0.15, 0.2) is 48.5 Å². The Bertz CT molecular complexity index is 907. The van der Waals surface area contributed by atoms with Crippen molar-refractivity contribution in [3.8, 4) is 5.69 Å². The molecule has 122 valence electrons. The summed E-state index contributed by atoms with van der Waals surface area (Å²) in [5.74, 6) is -1.52. The molecule has 0 aliphatic carbocycles. The van der Waals surface area contributed by atoms with Crippen molar-refractivity contribution in [3.05, 3.63) is 76.6 Å². The molecule has 0 aliphatic heterocycles. The summed E-state index contributed by atoms with van der Waals surface area (Å²) in [5, 5.41) is 6.74. The largest absolute Gasteiger partial charge is 0.319 e. The third-order valence-corrected chi connectivity index (χ3v) is 3.77. The molecule has 4 nitrogen and oxygen atoms in total. The van der Waals surface area contributed by atoms with E-state index in [9.17, 15) is 13.6 Å². The van der Waals surface area contributed by atoms with E-state index in [0.29, 0.717) is 11.4 Å². The molecule has 2 aromatic carbocycles. The van der Waals surface area contributed by atoms with E-state index < -0.39 is 17.5 Å². The highest BCUT2D eigenvalue weighted by Crippen LogP contribution is 2.25. The molecule has 0 fully saturated rings. The van der Waals surface area contributed by atoms with Gasteiger partial charge in [0.25, 0.3) is 5.91 Å². The van der Waals surface area contributed by atoms with Gasteiger partial charge in [0, 0.05) is 0 Å². The first-order chi connectivity index (χ1) is 11.5. The zero-order valence-electron chi connectivity index (χ0n) is 12.6. The second-order valence-corrected chi connectivity index (χ2v) is 5.43. The molecule has 3 rings (SSSR count). The first-order valence-corrected chi connectivity index (χ1v) is 7.42. The summed E-state index contributed by atoms with van der Waals surface area (Å²) in [5.41, 5.74) is 1.06. The SMILES string of the molecule is Cc1nn(-c2ccc(F)cc2)c(Cl)c1C(=O)Nc1ccccc1F. The lowest BCUT2D eigenvalue weighted by atomic mass is 10.2. The Morgan fingerprint density at radius 3 is 2.46 bits per heavy atom. The van der Waals surface area contributed by atoms with E-state index in [-0.39, 0.29) is 16.4 Å². The molecule has 0 atom stereocenters. The highest BCUT2D eigenvalue weighted by molar-refractivity contribution is 6.34. The van der Waals surface area contributed by atoms with Crippen molar-refractivity contribution in [3.63, 3.8) is 0 Å². The van der Waals surface area contributed by atoms with Gasteiger partial charge in [0.15, 0.2) is 0 Å². The number of carbonyl (C=O) groups is 1. The summed E-state index contributed by atoms with van der Waals surface area (Å²) in [6.07, 6.45) is 0. The molecular formula is C17H12ClF2N3O. The molecule has 1 aromatic heterocycles. The fourth-order valence-corrected chi connectivity index (χ4v) is 2.62. The number of benzene rings is 2. The Balaban J connectivity index is 1.96. The number of nitrogens with one attached hydrogen (secondary N) is 1. The number of aryl methyl sites for hydroxylation is 1. The highest BCUT2D eigenvalue weighted by Gasteiger charge is 2.22. The summed E-state index contributed by atoms with van der Waals surface area (Å²) in [4.78, 5) is 12.4. The molecule has 0 saturated heterocycles. The number of carbonyl (C=O) groups excluding carboxylic acids is 1. The van der Waals surface area contributed by atoms with Gasteiger partial charge in [-0.2, -0.15) is 5.10 Å². The molecule has 1 N–H and O–H groups in total. The molecule has 1 amide bonds. The molecule has 0 aliphatic rings. The normalized spacial score (nSPS) is 10.7. The standard InChI is InChI=1S/C17H12ClF2N3O/c1-10-15(17(24)21-14-5-3-2-4-13(14)20)16(18)23(22-10)12-8-6-11(19)7-9-12/h2-9H,1H3,(H,21,24). The van der Waals surface area contributed by atoms with Gasteiger partial charge in [-0.05, 0) is 43.3 Å². The Kier molecular flexibility index (Phi) is 4.31. The monoisotopic (exact) mass is 347 g/mol. The van der Waals surface area contributed by atoms with Crippen molar-refractivity contribution >= 4 is 23.2 Å². The first kappa shape index (κ1) is 16.1. The smallest absolute Gasteiger partial charge is 0.260 e. The Morgan fingerprint density at radius 2 is 1.79 bits per heavy atom. The average Bonchev–Trinajstić information content (AvgIpc) is 2.85. The van der Waals surface area contributed by atoms with E-state index in [1.807, 2.05) is 0 Å². The van der Waals surface area contributed by atoms with Crippen LogP contribution in [0.4, 0.5) is 14.5 Å². The van der Waals surface area contributed by atoms with Crippen molar-refractivity contribution in [2.75, 3.05) is 5.32 Å². The molecule has 3 aromatic rings. The Morgan fingerprint density at radius 1 is 1.12 bits per heavy atom. The molecule has 7 heteroatoms. The average molecular weight is 348 g/mol. The van der Waals surface area contributed by atoms with E-state index >= 15 is 0 Å². The van der Waals surface area contributed by atoms with Crippen LogP contribution in [0.1, 0.15) is 16.1 Å². The van der Waals surface area contributed by atoms with Crippen LogP contribution in [-0.2, 0) is 0 Å². The number of halogens is 3. The number of hydrogen-bond donors (Lipinski definition) is 1. The zero-order valence-corrected chi connectivity index (χ0v) is 13.3. The number of aromatic nitrogens is 2. The van der Waals surface area contributed by atoms with Crippen LogP contribution in [0.25, 0.3) is 5.69 Å². The van der Waals surface area contributed by atoms with Gasteiger partial charge in [-0.1, -0.05) is 23.7 Å². The fourth-order valence-electron chi connectivity index (χ4n) is 2.26. The maximum atomic E-state index is 13.7. The molecule has 0 unspecified atom stereocenters. The van der Waals surface area contributed by atoms with E-state index in [4.69, 9.17) is 11.6 Å². The van der Waals surface area contributed by atoms with Gasteiger partial charge in [0.05, 0.1) is 17.1 Å². The maximum Gasteiger partial charge on any atom is 0.260 e. The van der Waals surface area contributed by atoms with Crippen molar-refractivity contribution in [1.29, 1.82) is 0 Å². The van der Waals surface area contributed by atoms with Crippen LogP contribution < -0.4 is 5.32 Å². The number of para-hydroxylation sites is 1.